The molecular formula is C17H15NOS. The highest BCUT2D eigenvalue weighted by Crippen LogP contribution is 2.33. The Labute approximate surface area is 122 Å². The van der Waals surface area contributed by atoms with Gasteiger partial charge in [-0.25, -0.2) is 0 Å². The molecule has 2 aromatic carbocycles. The summed E-state index contributed by atoms with van der Waals surface area (Å²) in [7, 11) is 0. The highest BCUT2D eigenvalue weighted by atomic mass is 32.2. The van der Waals surface area contributed by atoms with E-state index >= 15 is 0 Å². The average molecular weight is 281 g/mol. The van der Waals surface area contributed by atoms with E-state index in [-0.39, 0.29) is 0 Å². The number of aromatic hydroxyl groups is 1. The first-order valence-corrected chi connectivity index (χ1v) is 7.55. The summed E-state index contributed by atoms with van der Waals surface area (Å²) in [5.74, 6) is 1.36. The molecule has 3 rings (SSSR count). The van der Waals surface area contributed by atoms with E-state index in [1.807, 2.05) is 48.4 Å². The number of aryl methyl sites for hydroxylation is 1. The molecule has 100 valence electrons. The van der Waals surface area contributed by atoms with Gasteiger partial charge in [0.1, 0.15) is 5.75 Å². The second kappa shape index (κ2) is 5.97. The number of pyridine rings is 1. The van der Waals surface area contributed by atoms with Crippen molar-refractivity contribution in [3.05, 3.63) is 66.5 Å². The van der Waals surface area contributed by atoms with Gasteiger partial charge in [0.15, 0.2) is 0 Å². The lowest BCUT2D eigenvalue weighted by atomic mass is 10.1. The Morgan fingerprint density at radius 2 is 1.65 bits per heavy atom. The fourth-order valence-corrected chi connectivity index (χ4v) is 3.27. The Kier molecular flexibility index (Phi) is 3.88. The fourth-order valence-electron chi connectivity index (χ4n) is 2.21. The molecule has 0 aliphatic rings. The van der Waals surface area contributed by atoms with E-state index in [0.717, 1.165) is 22.9 Å². The van der Waals surface area contributed by atoms with E-state index in [4.69, 9.17) is 0 Å². The molecule has 0 aliphatic carbocycles. The van der Waals surface area contributed by atoms with Crippen molar-refractivity contribution in [2.75, 3.05) is 5.75 Å². The van der Waals surface area contributed by atoms with Crippen LogP contribution in [0.3, 0.4) is 0 Å². The molecule has 0 amide bonds. The van der Waals surface area contributed by atoms with Gasteiger partial charge in [-0.1, -0.05) is 24.3 Å². The minimum Gasteiger partial charge on any atom is -0.507 e. The van der Waals surface area contributed by atoms with Crippen molar-refractivity contribution in [3.8, 4) is 5.75 Å². The van der Waals surface area contributed by atoms with Gasteiger partial charge in [-0.15, -0.1) is 11.8 Å². The summed E-state index contributed by atoms with van der Waals surface area (Å²) in [6, 6.07) is 15.8. The number of benzene rings is 2. The molecule has 0 radical (unpaired) electrons. The molecule has 1 heterocycles. The van der Waals surface area contributed by atoms with Crippen molar-refractivity contribution >= 4 is 22.5 Å². The maximum atomic E-state index is 9.88. The number of fused-ring (bicyclic) bond motifs is 1. The first-order valence-electron chi connectivity index (χ1n) is 6.57. The number of hydrogen-bond donors (Lipinski definition) is 1. The van der Waals surface area contributed by atoms with Gasteiger partial charge in [0.25, 0.3) is 0 Å². The molecule has 0 unspecified atom stereocenters. The summed E-state index contributed by atoms with van der Waals surface area (Å²) in [4.78, 5) is 5.24. The van der Waals surface area contributed by atoms with Crippen molar-refractivity contribution in [1.82, 2.24) is 4.98 Å². The topological polar surface area (TPSA) is 33.1 Å². The number of aromatic nitrogens is 1. The third-order valence-electron chi connectivity index (χ3n) is 3.26. The van der Waals surface area contributed by atoms with Crippen LogP contribution in [-0.2, 0) is 6.42 Å². The first kappa shape index (κ1) is 13.0. The van der Waals surface area contributed by atoms with Crippen molar-refractivity contribution in [3.63, 3.8) is 0 Å². The average Bonchev–Trinajstić information content (AvgIpc) is 2.51. The number of nitrogens with zero attached hydrogens (tertiary/aromatic N) is 1. The van der Waals surface area contributed by atoms with Crippen molar-refractivity contribution in [1.29, 1.82) is 0 Å². The normalized spacial score (nSPS) is 10.8. The molecule has 0 saturated heterocycles. The number of rotatable bonds is 4. The number of phenolic OH excluding ortho intramolecular Hbond substituents is 1. The highest BCUT2D eigenvalue weighted by Gasteiger charge is 2.05. The van der Waals surface area contributed by atoms with E-state index in [1.54, 1.807) is 6.07 Å². The first-order chi connectivity index (χ1) is 9.84. The van der Waals surface area contributed by atoms with Gasteiger partial charge in [0.2, 0.25) is 0 Å². The van der Waals surface area contributed by atoms with E-state index in [2.05, 4.69) is 23.2 Å². The lowest BCUT2D eigenvalue weighted by Gasteiger charge is -2.08. The Hall–Kier alpha value is -2.00. The van der Waals surface area contributed by atoms with Crippen LogP contribution in [0.5, 0.6) is 5.75 Å². The molecule has 0 fully saturated rings. The van der Waals surface area contributed by atoms with Crippen LogP contribution in [0.2, 0.25) is 0 Å². The molecule has 3 heteroatoms. The Balaban J connectivity index is 1.77. The molecular weight excluding hydrogens is 266 g/mol. The number of hydrogen-bond acceptors (Lipinski definition) is 3. The molecule has 0 bridgehead atoms. The third-order valence-corrected chi connectivity index (χ3v) is 4.33. The summed E-state index contributed by atoms with van der Waals surface area (Å²) >= 11 is 1.82. The van der Waals surface area contributed by atoms with E-state index < -0.39 is 0 Å². The molecule has 0 aliphatic heterocycles. The smallest absolute Gasteiger partial charge is 0.123 e. The molecule has 0 saturated carbocycles. The van der Waals surface area contributed by atoms with Gasteiger partial charge in [0, 0.05) is 28.4 Å². The minimum atomic E-state index is 0.346. The number of phenols is 1. The van der Waals surface area contributed by atoms with E-state index in [9.17, 15) is 5.11 Å². The van der Waals surface area contributed by atoms with Crippen LogP contribution in [0, 0.1) is 0 Å². The van der Waals surface area contributed by atoms with Crippen LogP contribution in [0.4, 0.5) is 0 Å². The van der Waals surface area contributed by atoms with Crippen LogP contribution in [-0.4, -0.2) is 15.8 Å². The van der Waals surface area contributed by atoms with Crippen LogP contribution < -0.4 is 0 Å². The summed E-state index contributed by atoms with van der Waals surface area (Å²) in [5.41, 5.74) is 1.30. The predicted octanol–water partition coefficient (Wildman–Crippen LogP) is 4.28. The van der Waals surface area contributed by atoms with Crippen LogP contribution >= 0.6 is 11.8 Å². The van der Waals surface area contributed by atoms with Crippen LogP contribution in [0.25, 0.3) is 10.8 Å². The zero-order chi connectivity index (χ0) is 13.8. The van der Waals surface area contributed by atoms with Crippen molar-refractivity contribution in [2.45, 2.75) is 11.3 Å². The number of thioether (sulfide) groups is 1. The lowest BCUT2D eigenvalue weighted by Crippen LogP contribution is -1.89. The van der Waals surface area contributed by atoms with E-state index in [1.165, 1.54) is 10.5 Å². The monoisotopic (exact) mass is 281 g/mol. The Morgan fingerprint density at radius 1 is 0.900 bits per heavy atom. The Morgan fingerprint density at radius 3 is 2.45 bits per heavy atom. The van der Waals surface area contributed by atoms with Gasteiger partial charge >= 0.3 is 0 Å². The predicted molar refractivity (Wildman–Crippen MR) is 84.3 cm³/mol. The van der Waals surface area contributed by atoms with Crippen molar-refractivity contribution < 1.29 is 5.11 Å². The summed E-state index contributed by atoms with van der Waals surface area (Å²) in [6.45, 7) is 0. The molecule has 1 aromatic heterocycles. The molecule has 2 nitrogen and oxygen atoms in total. The second-order valence-electron chi connectivity index (χ2n) is 4.58. The zero-order valence-corrected chi connectivity index (χ0v) is 11.8. The van der Waals surface area contributed by atoms with Gasteiger partial charge in [-0.2, -0.15) is 0 Å². The largest absolute Gasteiger partial charge is 0.507 e. The van der Waals surface area contributed by atoms with Gasteiger partial charge in [0.05, 0.1) is 0 Å². The third kappa shape index (κ3) is 2.78. The summed E-state index contributed by atoms with van der Waals surface area (Å²) < 4.78 is 0. The van der Waals surface area contributed by atoms with Gasteiger partial charge in [-0.3, -0.25) is 4.98 Å². The van der Waals surface area contributed by atoms with Crippen LogP contribution in [0.15, 0.2) is 65.8 Å². The molecule has 3 aromatic rings. The van der Waals surface area contributed by atoms with Crippen molar-refractivity contribution in [2.24, 2.45) is 0 Å². The SMILES string of the molecule is Oc1ccc(SCCc2ccncc2)c2ccccc12. The summed E-state index contributed by atoms with van der Waals surface area (Å²) in [6.07, 6.45) is 4.67. The fraction of sp³-hybridized carbons (Fsp3) is 0.118. The van der Waals surface area contributed by atoms with Crippen LogP contribution in [0.1, 0.15) is 5.56 Å². The van der Waals surface area contributed by atoms with Gasteiger partial charge in [-0.05, 0) is 41.6 Å². The quantitative estimate of drug-likeness (QED) is 0.725. The standard InChI is InChI=1S/C17H15NOS/c19-16-5-6-17(15-4-2-1-3-14(15)16)20-12-9-13-7-10-18-11-8-13/h1-8,10-11,19H,9,12H2. The zero-order valence-electron chi connectivity index (χ0n) is 11.0. The minimum absolute atomic E-state index is 0.346. The molecule has 0 spiro atoms. The Bertz CT molecular complexity index is 713. The highest BCUT2D eigenvalue weighted by molar-refractivity contribution is 7.99. The molecule has 20 heavy (non-hydrogen) atoms. The maximum Gasteiger partial charge on any atom is 0.123 e. The molecule has 0 atom stereocenters. The maximum absolute atomic E-state index is 9.88. The second-order valence-corrected chi connectivity index (χ2v) is 5.72. The molecule has 1 N–H and O–H groups in total. The van der Waals surface area contributed by atoms with E-state index in [0.29, 0.717) is 5.75 Å². The summed E-state index contributed by atoms with van der Waals surface area (Å²) in [5, 5.41) is 11.9. The lowest BCUT2D eigenvalue weighted by molar-refractivity contribution is 0.481. The van der Waals surface area contributed by atoms with Gasteiger partial charge < -0.3 is 5.11 Å².